The molecule has 28 heavy (non-hydrogen) atoms. The molecule has 0 spiro atoms. The van der Waals surface area contributed by atoms with Crippen LogP contribution in [0.15, 0.2) is 24.3 Å². The fourth-order valence-corrected chi connectivity index (χ4v) is 5.21. The van der Waals surface area contributed by atoms with E-state index in [-0.39, 0.29) is 23.5 Å². The number of carbonyl (C=O) groups is 2. The Morgan fingerprint density at radius 3 is 2.36 bits per heavy atom. The smallest absolute Gasteiger partial charge is 0.227 e. The molecule has 1 unspecified atom stereocenters. The van der Waals surface area contributed by atoms with Crippen LogP contribution < -0.4 is 0 Å². The lowest BCUT2D eigenvalue weighted by Crippen LogP contribution is -2.43. The zero-order valence-corrected chi connectivity index (χ0v) is 16.6. The van der Waals surface area contributed by atoms with Gasteiger partial charge in [0, 0.05) is 32.1 Å². The molecule has 1 saturated carbocycles. The molecule has 2 heterocycles. The van der Waals surface area contributed by atoms with Crippen LogP contribution in [0.3, 0.4) is 0 Å². The number of nitrogens with zero attached hydrogens (tertiary/aromatic N) is 2. The minimum absolute atomic E-state index is 0.150. The van der Waals surface area contributed by atoms with E-state index in [1.54, 1.807) is 0 Å². The van der Waals surface area contributed by atoms with Crippen molar-refractivity contribution in [2.45, 2.75) is 63.8 Å². The van der Waals surface area contributed by atoms with Crippen LogP contribution in [-0.4, -0.2) is 47.3 Å². The van der Waals surface area contributed by atoms with Gasteiger partial charge >= 0.3 is 0 Å². The first-order valence-electron chi connectivity index (χ1n) is 10.9. The molecule has 3 fully saturated rings. The maximum atomic E-state index is 13.1. The number of hydrogen-bond acceptors (Lipinski definition) is 2. The SMILES string of the molecule is O=C(C1CC(=O)N(C2CCCCC2)C1)N1CCC(Cc2ccc(F)cc2)CC1. The first kappa shape index (κ1) is 19.4. The van der Waals surface area contributed by atoms with Crippen molar-refractivity contribution in [2.24, 2.45) is 11.8 Å². The van der Waals surface area contributed by atoms with Gasteiger partial charge in [-0.25, -0.2) is 4.39 Å². The molecule has 4 rings (SSSR count). The largest absolute Gasteiger partial charge is 0.342 e. The summed E-state index contributed by atoms with van der Waals surface area (Å²) in [6.45, 7) is 2.18. The summed E-state index contributed by atoms with van der Waals surface area (Å²) in [5.41, 5.74) is 1.16. The zero-order chi connectivity index (χ0) is 19.5. The Labute approximate surface area is 167 Å². The molecule has 1 aromatic rings. The van der Waals surface area contributed by atoms with E-state index < -0.39 is 0 Å². The highest BCUT2D eigenvalue weighted by atomic mass is 19.1. The Kier molecular flexibility index (Phi) is 5.98. The van der Waals surface area contributed by atoms with Gasteiger partial charge in [0.1, 0.15) is 5.82 Å². The summed E-state index contributed by atoms with van der Waals surface area (Å²) in [7, 11) is 0. The molecule has 1 aromatic carbocycles. The standard InChI is InChI=1S/C23H31FN2O2/c24-20-8-6-17(7-9-20)14-18-10-12-25(13-11-18)23(28)19-15-22(27)26(16-19)21-4-2-1-3-5-21/h6-9,18-19,21H,1-5,10-16H2. The van der Waals surface area contributed by atoms with Gasteiger partial charge in [-0.2, -0.15) is 0 Å². The Bertz CT molecular complexity index is 691. The van der Waals surface area contributed by atoms with Crippen LogP contribution in [0.4, 0.5) is 4.39 Å². The number of amides is 2. The maximum Gasteiger partial charge on any atom is 0.227 e. The van der Waals surface area contributed by atoms with E-state index in [2.05, 4.69) is 0 Å². The normalized spacial score (nSPS) is 24.8. The van der Waals surface area contributed by atoms with Crippen molar-refractivity contribution in [3.05, 3.63) is 35.6 Å². The molecule has 0 bridgehead atoms. The Morgan fingerprint density at radius 1 is 1.00 bits per heavy atom. The van der Waals surface area contributed by atoms with Crippen molar-refractivity contribution >= 4 is 11.8 Å². The fourth-order valence-electron chi connectivity index (χ4n) is 5.21. The monoisotopic (exact) mass is 386 g/mol. The first-order chi connectivity index (χ1) is 13.6. The van der Waals surface area contributed by atoms with Gasteiger partial charge in [0.15, 0.2) is 0 Å². The van der Waals surface area contributed by atoms with Gasteiger partial charge < -0.3 is 9.80 Å². The molecule has 5 heteroatoms. The Balaban J connectivity index is 1.27. The predicted molar refractivity (Wildman–Crippen MR) is 106 cm³/mol. The van der Waals surface area contributed by atoms with Gasteiger partial charge in [-0.1, -0.05) is 31.4 Å². The molecule has 0 aromatic heterocycles. The van der Waals surface area contributed by atoms with E-state index >= 15 is 0 Å². The lowest BCUT2D eigenvalue weighted by atomic mass is 9.89. The lowest BCUT2D eigenvalue weighted by Gasteiger charge is -2.34. The zero-order valence-electron chi connectivity index (χ0n) is 16.6. The summed E-state index contributed by atoms with van der Waals surface area (Å²) in [5, 5.41) is 0. The topological polar surface area (TPSA) is 40.6 Å². The van der Waals surface area contributed by atoms with Crippen LogP contribution in [0.1, 0.15) is 56.9 Å². The number of rotatable bonds is 4. The lowest BCUT2D eigenvalue weighted by molar-refractivity contribution is -0.137. The third-order valence-electron chi connectivity index (χ3n) is 6.89. The fraction of sp³-hybridized carbons (Fsp3) is 0.652. The minimum Gasteiger partial charge on any atom is -0.342 e. The van der Waals surface area contributed by atoms with Gasteiger partial charge in [0.05, 0.1) is 5.92 Å². The van der Waals surface area contributed by atoms with Gasteiger partial charge in [0.25, 0.3) is 0 Å². The summed E-state index contributed by atoms with van der Waals surface area (Å²) in [5.74, 6) is 0.544. The second kappa shape index (κ2) is 8.62. The van der Waals surface area contributed by atoms with Gasteiger partial charge in [-0.3, -0.25) is 9.59 Å². The number of hydrogen-bond donors (Lipinski definition) is 0. The molecule has 1 atom stereocenters. The molecule has 1 aliphatic carbocycles. The molecule has 2 amide bonds. The number of carbonyl (C=O) groups excluding carboxylic acids is 2. The molecule has 0 N–H and O–H groups in total. The number of benzene rings is 1. The van der Waals surface area contributed by atoms with Crippen LogP contribution in [0.25, 0.3) is 0 Å². The van der Waals surface area contributed by atoms with E-state index in [4.69, 9.17) is 0 Å². The second-order valence-corrected chi connectivity index (χ2v) is 8.84. The summed E-state index contributed by atoms with van der Waals surface area (Å²) < 4.78 is 13.1. The third-order valence-corrected chi connectivity index (χ3v) is 6.89. The van der Waals surface area contributed by atoms with Gasteiger partial charge in [-0.15, -0.1) is 0 Å². The minimum atomic E-state index is -0.197. The molecule has 2 aliphatic heterocycles. The molecule has 3 aliphatic rings. The molecular formula is C23H31FN2O2. The third kappa shape index (κ3) is 4.39. The predicted octanol–water partition coefficient (Wildman–Crippen LogP) is 3.79. The van der Waals surface area contributed by atoms with Gasteiger partial charge in [-0.05, 0) is 55.7 Å². The van der Waals surface area contributed by atoms with Crippen LogP contribution in [-0.2, 0) is 16.0 Å². The number of likely N-dealkylation sites (tertiary alicyclic amines) is 2. The highest BCUT2D eigenvalue weighted by molar-refractivity contribution is 5.89. The summed E-state index contributed by atoms with van der Waals surface area (Å²) in [4.78, 5) is 29.4. The van der Waals surface area contributed by atoms with E-state index in [1.165, 1.54) is 31.4 Å². The van der Waals surface area contributed by atoms with E-state index in [0.29, 0.717) is 24.9 Å². The average molecular weight is 387 g/mol. The van der Waals surface area contributed by atoms with Crippen molar-refractivity contribution in [2.75, 3.05) is 19.6 Å². The number of piperidine rings is 1. The highest BCUT2D eigenvalue weighted by Gasteiger charge is 2.40. The quantitative estimate of drug-likeness (QED) is 0.790. The average Bonchev–Trinajstić information content (AvgIpc) is 3.12. The van der Waals surface area contributed by atoms with Crippen molar-refractivity contribution in [1.82, 2.24) is 9.80 Å². The Hall–Kier alpha value is -1.91. The molecule has 4 nitrogen and oxygen atoms in total. The second-order valence-electron chi connectivity index (χ2n) is 8.84. The Morgan fingerprint density at radius 2 is 1.68 bits per heavy atom. The van der Waals surface area contributed by atoms with E-state index in [0.717, 1.165) is 50.8 Å². The first-order valence-corrected chi connectivity index (χ1v) is 10.9. The summed E-state index contributed by atoms with van der Waals surface area (Å²) in [6, 6.07) is 7.11. The van der Waals surface area contributed by atoms with Crippen LogP contribution in [0.5, 0.6) is 0 Å². The molecular weight excluding hydrogens is 355 g/mol. The van der Waals surface area contributed by atoms with E-state index in [1.807, 2.05) is 21.9 Å². The number of halogens is 1. The summed E-state index contributed by atoms with van der Waals surface area (Å²) >= 11 is 0. The van der Waals surface area contributed by atoms with Gasteiger partial charge in [0.2, 0.25) is 11.8 Å². The highest BCUT2D eigenvalue weighted by Crippen LogP contribution is 2.30. The van der Waals surface area contributed by atoms with E-state index in [9.17, 15) is 14.0 Å². The van der Waals surface area contributed by atoms with Crippen LogP contribution in [0.2, 0.25) is 0 Å². The van der Waals surface area contributed by atoms with Crippen LogP contribution >= 0.6 is 0 Å². The molecule has 2 saturated heterocycles. The van der Waals surface area contributed by atoms with Crippen molar-refractivity contribution < 1.29 is 14.0 Å². The molecule has 152 valence electrons. The summed E-state index contributed by atoms with van der Waals surface area (Å²) in [6.07, 6.45) is 9.18. The molecule has 0 radical (unpaired) electrons. The maximum absolute atomic E-state index is 13.1. The van der Waals surface area contributed by atoms with Crippen molar-refractivity contribution in [3.63, 3.8) is 0 Å². The van der Waals surface area contributed by atoms with Crippen molar-refractivity contribution in [1.29, 1.82) is 0 Å². The van der Waals surface area contributed by atoms with Crippen molar-refractivity contribution in [3.8, 4) is 0 Å². The van der Waals surface area contributed by atoms with Crippen LogP contribution in [0, 0.1) is 17.7 Å².